The molecule has 1 aromatic carbocycles. The summed E-state index contributed by atoms with van der Waals surface area (Å²) in [7, 11) is 0. The lowest BCUT2D eigenvalue weighted by atomic mass is 9.48. The Morgan fingerprint density at radius 2 is 1.15 bits per heavy atom. The Morgan fingerprint density at radius 1 is 0.609 bits per heavy atom. The minimum atomic E-state index is -0.751. The zero-order valence-electron chi connectivity index (χ0n) is 54.7. The fourth-order valence-corrected chi connectivity index (χ4v) is 23.6. The molecule has 0 aliphatic heterocycles. The Bertz CT molecular complexity index is 3390. The number of carbonyl (C=O) groups is 5. The summed E-state index contributed by atoms with van der Waals surface area (Å²) in [5.74, 6) is 6.63. The number of aliphatic carboxylic acids is 1. The van der Waals surface area contributed by atoms with Gasteiger partial charge in [-0.1, -0.05) is 42.5 Å². The van der Waals surface area contributed by atoms with Gasteiger partial charge in [-0.15, -0.1) is 0 Å². The van der Waals surface area contributed by atoms with Crippen molar-refractivity contribution in [3.63, 3.8) is 0 Å². The molecule has 13 saturated carbocycles. The summed E-state index contributed by atoms with van der Waals surface area (Å²) < 4.78 is 9.23. The number of esters is 1. The number of nitrogens with zero attached hydrogens (tertiary/aromatic N) is 5. The van der Waals surface area contributed by atoms with E-state index in [0.29, 0.717) is 83.3 Å². The molecule has 16 aliphatic rings. The number of carbonyl (C=O) groups excluding carboxylic acids is 4. The van der Waals surface area contributed by atoms with Gasteiger partial charge < -0.3 is 25.8 Å². The number of H-pyrrole nitrogens is 1. The SMILES string of the molecule is CC(NC(=O)c1nn(C2CCCCC2)c2c1CC(C(=O)O)CC2)C12CC3CC(CC(C3)C1)C2.CCOC(=O)C1CCc2[nH]nc(C(=O)NC(C)C34CC5CC(CC(C5)C3)C4)c2C1.O=C(NC1C2CC3CC(C2)CC1C3)c1nn(-c2ccc(Cl)cc2Cl)c2c1CCCC2. The number of aromatic nitrogens is 6. The Morgan fingerprint density at radius 3 is 1.73 bits per heavy atom. The van der Waals surface area contributed by atoms with E-state index in [1.807, 2.05) is 23.7 Å². The van der Waals surface area contributed by atoms with E-state index in [9.17, 15) is 29.1 Å². The molecule has 496 valence electrons. The number of aromatic amines is 1. The normalized spacial score (nSPS) is 34.6. The number of ether oxygens (including phenoxy) is 1. The van der Waals surface area contributed by atoms with Crippen LogP contribution in [0.15, 0.2) is 18.2 Å². The molecule has 18 heteroatoms. The highest BCUT2D eigenvalue weighted by Crippen LogP contribution is 2.63. The number of aryl methyl sites for hydroxylation is 1. The van der Waals surface area contributed by atoms with E-state index in [2.05, 4.69) is 44.7 Å². The molecular formula is C74H99Cl2N9O7. The van der Waals surface area contributed by atoms with E-state index in [0.717, 1.165) is 138 Å². The molecule has 16 aliphatic carbocycles. The summed E-state index contributed by atoms with van der Waals surface area (Å²) in [6.45, 7) is 6.64. The summed E-state index contributed by atoms with van der Waals surface area (Å²) in [5, 5.41) is 38.1. The fourth-order valence-electron chi connectivity index (χ4n) is 23.1. The van der Waals surface area contributed by atoms with Crippen molar-refractivity contribution >= 4 is 52.9 Å². The maximum Gasteiger partial charge on any atom is 0.309 e. The second-order valence-electron chi connectivity index (χ2n) is 32.4. The van der Waals surface area contributed by atoms with E-state index in [1.54, 1.807) is 6.07 Å². The largest absolute Gasteiger partial charge is 0.481 e. The third kappa shape index (κ3) is 12.0. The van der Waals surface area contributed by atoms with Crippen molar-refractivity contribution < 1.29 is 33.8 Å². The van der Waals surface area contributed by atoms with Crippen molar-refractivity contribution in [2.24, 2.45) is 81.8 Å². The predicted molar refractivity (Wildman–Crippen MR) is 352 cm³/mol. The molecule has 5 N–H and O–H groups in total. The zero-order chi connectivity index (χ0) is 63.3. The van der Waals surface area contributed by atoms with E-state index in [1.165, 1.54) is 128 Å². The van der Waals surface area contributed by atoms with E-state index < -0.39 is 11.9 Å². The van der Waals surface area contributed by atoms with Gasteiger partial charge in [-0.3, -0.25) is 33.8 Å². The fraction of sp³-hybridized carbons (Fsp3) is 0.730. The molecule has 20 rings (SSSR count). The van der Waals surface area contributed by atoms with Gasteiger partial charge in [-0.05, 0) is 295 Å². The summed E-state index contributed by atoms with van der Waals surface area (Å²) in [6.07, 6.45) is 36.4. The van der Waals surface area contributed by atoms with Crippen LogP contribution < -0.4 is 16.0 Å². The number of hydrogen-bond acceptors (Lipinski definition) is 9. The highest BCUT2D eigenvalue weighted by Gasteiger charge is 2.56. The molecule has 0 radical (unpaired) electrons. The first-order chi connectivity index (χ1) is 44.4. The summed E-state index contributed by atoms with van der Waals surface area (Å²) in [4.78, 5) is 64.2. The van der Waals surface area contributed by atoms with Crippen LogP contribution in [0.4, 0.5) is 0 Å². The molecule has 0 spiro atoms. The number of benzene rings is 1. The quantitative estimate of drug-likeness (QED) is 0.0798. The molecule has 4 aromatic rings. The van der Waals surface area contributed by atoms with Crippen molar-refractivity contribution in [2.45, 2.75) is 250 Å². The highest BCUT2D eigenvalue weighted by atomic mass is 35.5. The van der Waals surface area contributed by atoms with Gasteiger partial charge in [-0.2, -0.15) is 15.3 Å². The molecule has 92 heavy (non-hydrogen) atoms. The molecule has 13 fully saturated rings. The first kappa shape index (κ1) is 62.9. The predicted octanol–water partition coefficient (Wildman–Crippen LogP) is 13.9. The van der Waals surface area contributed by atoms with Crippen LogP contribution >= 0.6 is 23.2 Å². The van der Waals surface area contributed by atoms with Crippen molar-refractivity contribution in [1.29, 1.82) is 0 Å². The van der Waals surface area contributed by atoms with Crippen LogP contribution in [0.1, 0.15) is 259 Å². The van der Waals surface area contributed by atoms with Gasteiger partial charge in [0.25, 0.3) is 17.7 Å². The van der Waals surface area contributed by atoms with Crippen LogP contribution in [-0.2, 0) is 52.9 Å². The summed E-state index contributed by atoms with van der Waals surface area (Å²) >= 11 is 12.6. The minimum absolute atomic E-state index is 0.00876. The summed E-state index contributed by atoms with van der Waals surface area (Å²) in [5.41, 5.74) is 9.09. The van der Waals surface area contributed by atoms with Crippen LogP contribution in [0.3, 0.4) is 0 Å². The monoisotopic (exact) mass is 1300 g/mol. The lowest BCUT2D eigenvalue weighted by Gasteiger charge is -2.59. The van der Waals surface area contributed by atoms with E-state index in [-0.39, 0.29) is 52.5 Å². The molecule has 16 nitrogen and oxygen atoms in total. The Kier molecular flexibility index (Phi) is 17.4. The lowest BCUT2D eigenvalue weighted by Crippen LogP contribution is -2.56. The number of halogens is 2. The van der Waals surface area contributed by atoms with Crippen molar-refractivity contribution in [3.05, 3.63) is 79.1 Å². The number of nitrogens with one attached hydrogen (secondary N) is 4. The van der Waals surface area contributed by atoms with Gasteiger partial charge in [0, 0.05) is 56.9 Å². The molecule has 12 bridgehead atoms. The minimum Gasteiger partial charge on any atom is -0.481 e. The van der Waals surface area contributed by atoms with Gasteiger partial charge in [-0.25, -0.2) is 4.68 Å². The number of hydrogen-bond donors (Lipinski definition) is 5. The maximum atomic E-state index is 13.7. The average molecular weight is 1300 g/mol. The second kappa shape index (κ2) is 25.4. The average Bonchev–Trinajstić information content (AvgIpc) is 1.04. The first-order valence-electron chi connectivity index (χ1n) is 36.5. The molecule has 3 heterocycles. The van der Waals surface area contributed by atoms with E-state index in [4.69, 9.17) is 38.1 Å². The van der Waals surface area contributed by atoms with E-state index >= 15 is 0 Å². The number of rotatable bonds is 13. The molecule has 3 aromatic heterocycles. The smallest absolute Gasteiger partial charge is 0.309 e. The third-order valence-electron chi connectivity index (χ3n) is 26.5. The lowest BCUT2D eigenvalue weighted by molar-refractivity contribution is -0.148. The standard InChI is InChI=1S/C27H39N3O3.C24H27Cl2N3O.C23H33N3O3/c1-16(27-13-17-9-18(14-27)11-19(10-17)15-27)28-25(31)24-22-12-20(26(32)33)7-8-23(22)30(29-24)21-5-3-2-4-6-21;25-17-5-6-21(19(26)12-17)29-20-4-2-1-3-18(20)23(28-29)24(30)27-22-15-8-13-7-14(10-15)11-16(22)9-13;1-3-29-22(28)17-4-5-19-18(9-17)20(26-25-19)21(27)24-13(2)23-10-14-6-15(11-23)8-16(7-14)12-23/h16-21H,2-15H2,1H3,(H,28,31)(H,32,33);5-6,12-16,22H,1-4,7-11H2,(H,27,30);13-17H,3-12H2,1-2H3,(H,24,27)(H,25,26). The highest BCUT2D eigenvalue weighted by molar-refractivity contribution is 6.35. The van der Waals surface area contributed by atoms with Crippen molar-refractivity contribution in [2.75, 3.05) is 6.61 Å². The molecule has 0 saturated heterocycles. The maximum absolute atomic E-state index is 13.7. The van der Waals surface area contributed by atoms with Crippen LogP contribution in [0.25, 0.3) is 5.69 Å². The first-order valence-corrected chi connectivity index (χ1v) is 37.3. The van der Waals surface area contributed by atoms with Crippen molar-refractivity contribution in [1.82, 2.24) is 45.7 Å². The Labute approximate surface area is 553 Å². The van der Waals surface area contributed by atoms with Crippen molar-refractivity contribution in [3.8, 4) is 5.69 Å². The van der Waals surface area contributed by atoms with Crippen LogP contribution in [0, 0.1) is 81.8 Å². The second-order valence-corrected chi connectivity index (χ2v) is 33.2. The molecule has 4 atom stereocenters. The Hall–Kier alpha value is -5.22. The van der Waals surface area contributed by atoms with Crippen LogP contribution in [-0.4, -0.2) is 89.3 Å². The number of fused-ring (bicyclic) bond motifs is 3. The van der Waals surface area contributed by atoms with Crippen LogP contribution in [0.2, 0.25) is 10.0 Å². The molecule has 4 unspecified atom stereocenters. The number of amides is 3. The number of carboxylic acids is 1. The third-order valence-corrected chi connectivity index (χ3v) is 27.1. The number of carboxylic acid groups (broad SMARTS) is 1. The van der Waals surface area contributed by atoms with Crippen LogP contribution in [0.5, 0.6) is 0 Å². The molecule has 3 amide bonds. The van der Waals surface area contributed by atoms with Gasteiger partial charge in [0.1, 0.15) is 0 Å². The summed E-state index contributed by atoms with van der Waals surface area (Å²) in [6, 6.07) is 6.46. The molecular weight excluding hydrogens is 1200 g/mol. The van der Waals surface area contributed by atoms with Gasteiger partial charge in [0.15, 0.2) is 17.1 Å². The zero-order valence-corrected chi connectivity index (χ0v) is 56.2. The topological polar surface area (TPSA) is 215 Å². The Balaban J connectivity index is 0.000000115. The van der Waals surface area contributed by atoms with Gasteiger partial charge >= 0.3 is 11.9 Å². The van der Waals surface area contributed by atoms with Gasteiger partial charge in [0.2, 0.25) is 0 Å². The van der Waals surface area contributed by atoms with Gasteiger partial charge in [0.05, 0.1) is 35.2 Å².